The van der Waals surface area contributed by atoms with Crippen LogP contribution in [0, 0.1) is 6.92 Å². The summed E-state index contributed by atoms with van der Waals surface area (Å²) in [6.07, 6.45) is 2.58. The lowest BCUT2D eigenvalue weighted by Crippen LogP contribution is -2.10. The molecule has 100 valence electrons. The van der Waals surface area contributed by atoms with E-state index in [1.165, 1.54) is 5.56 Å². The van der Waals surface area contributed by atoms with Gasteiger partial charge >= 0.3 is 0 Å². The fourth-order valence-corrected chi connectivity index (χ4v) is 2.27. The second-order valence-electron chi connectivity index (χ2n) is 4.47. The molecule has 0 fully saturated rings. The molecule has 0 spiro atoms. The molecule has 0 saturated heterocycles. The van der Waals surface area contributed by atoms with Gasteiger partial charge in [0.15, 0.2) is 0 Å². The average molecular weight is 321 g/mol. The van der Waals surface area contributed by atoms with Crippen molar-refractivity contribution in [3.8, 4) is 11.5 Å². The summed E-state index contributed by atoms with van der Waals surface area (Å²) in [6, 6.07) is 9.75. The Morgan fingerprint density at radius 2 is 2.11 bits per heavy atom. The minimum Gasteiger partial charge on any atom is -0.455 e. The highest BCUT2D eigenvalue weighted by Gasteiger charge is 2.06. The molecular formula is C15H17BrN2O. The van der Waals surface area contributed by atoms with Gasteiger partial charge in [-0.15, -0.1) is 0 Å². The predicted octanol–water partition coefficient (Wildman–Crippen LogP) is 4.35. The fraction of sp³-hybridized carbons (Fsp3) is 0.267. The second kappa shape index (κ2) is 6.17. The van der Waals surface area contributed by atoms with Crippen LogP contribution in [-0.4, -0.2) is 4.98 Å². The van der Waals surface area contributed by atoms with E-state index in [9.17, 15) is 0 Å². The van der Waals surface area contributed by atoms with Gasteiger partial charge in [0.25, 0.3) is 0 Å². The van der Waals surface area contributed by atoms with Gasteiger partial charge < -0.3 is 10.5 Å². The second-order valence-corrected chi connectivity index (χ2v) is 5.32. The van der Waals surface area contributed by atoms with E-state index >= 15 is 0 Å². The Kier molecular flexibility index (Phi) is 4.56. The summed E-state index contributed by atoms with van der Waals surface area (Å²) in [5.74, 6) is 1.48. The van der Waals surface area contributed by atoms with Crippen LogP contribution in [-0.2, 0) is 0 Å². The third-order valence-electron chi connectivity index (χ3n) is 2.89. The van der Waals surface area contributed by atoms with Crippen LogP contribution < -0.4 is 10.5 Å². The topological polar surface area (TPSA) is 48.1 Å². The Hall–Kier alpha value is -1.39. The lowest BCUT2D eigenvalue weighted by molar-refractivity contribution is 0.476. The molecule has 19 heavy (non-hydrogen) atoms. The van der Waals surface area contributed by atoms with Crippen molar-refractivity contribution in [1.29, 1.82) is 0 Å². The number of nitrogens with zero attached hydrogens (tertiary/aromatic N) is 1. The molecule has 4 heteroatoms. The Labute approximate surface area is 121 Å². The van der Waals surface area contributed by atoms with Gasteiger partial charge in [0, 0.05) is 6.04 Å². The summed E-state index contributed by atoms with van der Waals surface area (Å²) in [5.41, 5.74) is 8.00. The van der Waals surface area contributed by atoms with Crippen molar-refractivity contribution < 1.29 is 4.74 Å². The standard InChI is InChI=1S/C15H17BrN2O/c1-3-13(17)14-6-5-11(9-18-14)19-15-7-4-10(2)8-12(15)16/h4-9,13H,3,17H2,1-2H3/t13-/m1/s1. The largest absolute Gasteiger partial charge is 0.455 e. The zero-order chi connectivity index (χ0) is 13.8. The number of benzene rings is 1. The maximum absolute atomic E-state index is 5.93. The third kappa shape index (κ3) is 3.55. The zero-order valence-corrected chi connectivity index (χ0v) is 12.6. The molecule has 0 aliphatic heterocycles. The van der Waals surface area contributed by atoms with Crippen molar-refractivity contribution >= 4 is 15.9 Å². The lowest BCUT2D eigenvalue weighted by atomic mass is 10.1. The molecule has 2 N–H and O–H groups in total. The number of rotatable bonds is 4. The van der Waals surface area contributed by atoms with Crippen molar-refractivity contribution in [2.75, 3.05) is 0 Å². The molecule has 0 bridgehead atoms. The lowest BCUT2D eigenvalue weighted by Gasteiger charge is -2.10. The number of aryl methyl sites for hydroxylation is 1. The Bertz CT molecular complexity index is 555. The highest BCUT2D eigenvalue weighted by molar-refractivity contribution is 9.10. The smallest absolute Gasteiger partial charge is 0.145 e. The molecule has 0 amide bonds. The molecule has 0 aliphatic carbocycles. The summed E-state index contributed by atoms with van der Waals surface area (Å²) in [6.45, 7) is 4.08. The Morgan fingerprint density at radius 1 is 1.32 bits per heavy atom. The van der Waals surface area contributed by atoms with Gasteiger partial charge in [-0.05, 0) is 59.1 Å². The first-order chi connectivity index (χ1) is 9.10. The normalized spacial score (nSPS) is 12.2. The van der Waals surface area contributed by atoms with Crippen molar-refractivity contribution in [3.05, 3.63) is 52.3 Å². The first-order valence-corrected chi connectivity index (χ1v) is 7.05. The number of aromatic nitrogens is 1. The molecule has 3 nitrogen and oxygen atoms in total. The quantitative estimate of drug-likeness (QED) is 0.910. The minimum atomic E-state index is -0.0137. The van der Waals surface area contributed by atoms with Gasteiger partial charge in [-0.2, -0.15) is 0 Å². The molecule has 1 aromatic carbocycles. The van der Waals surface area contributed by atoms with E-state index in [-0.39, 0.29) is 6.04 Å². The van der Waals surface area contributed by atoms with Crippen LogP contribution in [0.2, 0.25) is 0 Å². The highest BCUT2D eigenvalue weighted by atomic mass is 79.9. The number of nitrogens with two attached hydrogens (primary N) is 1. The van der Waals surface area contributed by atoms with E-state index in [2.05, 4.69) is 20.9 Å². The number of halogens is 1. The van der Waals surface area contributed by atoms with Gasteiger partial charge in [-0.3, -0.25) is 4.98 Å². The fourth-order valence-electron chi connectivity index (χ4n) is 1.70. The summed E-state index contributed by atoms with van der Waals surface area (Å²) in [5, 5.41) is 0. The molecule has 1 heterocycles. The Balaban J connectivity index is 2.15. The van der Waals surface area contributed by atoms with Crippen LogP contribution in [0.5, 0.6) is 11.5 Å². The monoisotopic (exact) mass is 320 g/mol. The van der Waals surface area contributed by atoms with Crippen LogP contribution in [0.15, 0.2) is 41.0 Å². The van der Waals surface area contributed by atoms with Gasteiger partial charge in [-0.1, -0.05) is 13.0 Å². The maximum Gasteiger partial charge on any atom is 0.145 e. The van der Waals surface area contributed by atoms with E-state index in [1.807, 2.05) is 44.2 Å². The molecule has 0 aliphatic rings. The molecular weight excluding hydrogens is 304 g/mol. The Morgan fingerprint density at radius 3 is 2.68 bits per heavy atom. The minimum absolute atomic E-state index is 0.0137. The number of hydrogen-bond donors (Lipinski definition) is 1. The van der Waals surface area contributed by atoms with E-state index in [4.69, 9.17) is 10.5 Å². The van der Waals surface area contributed by atoms with Gasteiger partial charge in [0.2, 0.25) is 0 Å². The van der Waals surface area contributed by atoms with E-state index in [1.54, 1.807) is 6.20 Å². The predicted molar refractivity (Wildman–Crippen MR) is 80.4 cm³/mol. The molecule has 1 atom stereocenters. The summed E-state index contributed by atoms with van der Waals surface area (Å²) < 4.78 is 6.71. The molecule has 0 radical (unpaired) electrons. The van der Waals surface area contributed by atoms with Crippen LogP contribution >= 0.6 is 15.9 Å². The van der Waals surface area contributed by atoms with E-state index in [0.29, 0.717) is 5.75 Å². The first kappa shape index (κ1) is 14.0. The zero-order valence-electron chi connectivity index (χ0n) is 11.1. The van der Waals surface area contributed by atoms with Gasteiger partial charge in [0.05, 0.1) is 16.4 Å². The summed E-state index contributed by atoms with van der Waals surface area (Å²) >= 11 is 3.49. The SMILES string of the molecule is CC[C@@H](N)c1ccc(Oc2ccc(C)cc2Br)cn1. The first-order valence-electron chi connectivity index (χ1n) is 6.25. The van der Waals surface area contributed by atoms with Gasteiger partial charge in [0.1, 0.15) is 11.5 Å². The van der Waals surface area contributed by atoms with Crippen LogP contribution in [0.1, 0.15) is 30.6 Å². The molecule has 2 aromatic rings. The van der Waals surface area contributed by atoms with Crippen LogP contribution in [0.3, 0.4) is 0 Å². The van der Waals surface area contributed by atoms with Crippen molar-refractivity contribution in [3.63, 3.8) is 0 Å². The summed E-state index contributed by atoms with van der Waals surface area (Å²) in [7, 11) is 0. The van der Waals surface area contributed by atoms with Crippen molar-refractivity contribution in [2.24, 2.45) is 5.73 Å². The van der Waals surface area contributed by atoms with Crippen LogP contribution in [0.4, 0.5) is 0 Å². The summed E-state index contributed by atoms with van der Waals surface area (Å²) in [4.78, 5) is 4.33. The van der Waals surface area contributed by atoms with Gasteiger partial charge in [-0.25, -0.2) is 0 Å². The molecule has 0 saturated carbocycles. The van der Waals surface area contributed by atoms with Crippen LogP contribution in [0.25, 0.3) is 0 Å². The number of pyridine rings is 1. The number of hydrogen-bond acceptors (Lipinski definition) is 3. The van der Waals surface area contributed by atoms with Crippen molar-refractivity contribution in [2.45, 2.75) is 26.3 Å². The van der Waals surface area contributed by atoms with Crippen molar-refractivity contribution in [1.82, 2.24) is 4.98 Å². The van der Waals surface area contributed by atoms with E-state index in [0.717, 1.165) is 22.3 Å². The molecule has 1 aromatic heterocycles. The number of ether oxygens (including phenoxy) is 1. The average Bonchev–Trinajstić information content (AvgIpc) is 2.42. The maximum atomic E-state index is 5.93. The molecule has 2 rings (SSSR count). The van der Waals surface area contributed by atoms with E-state index < -0.39 is 0 Å². The molecule has 0 unspecified atom stereocenters. The third-order valence-corrected chi connectivity index (χ3v) is 3.51. The highest BCUT2D eigenvalue weighted by Crippen LogP contribution is 2.30.